The monoisotopic (exact) mass is 271 g/mol. The van der Waals surface area contributed by atoms with Gasteiger partial charge in [0.05, 0.1) is 29.6 Å². The molecule has 0 amide bonds. The largest absolute Gasteiger partial charge is 0.462 e. The lowest BCUT2D eigenvalue weighted by Crippen LogP contribution is -2.11. The Morgan fingerprint density at radius 1 is 1.50 bits per heavy atom. The van der Waals surface area contributed by atoms with Crippen molar-refractivity contribution in [1.82, 2.24) is 19.6 Å². The van der Waals surface area contributed by atoms with Crippen molar-refractivity contribution in [3.8, 4) is 0 Å². The standard InChI is InChI=1S/C13H13N5O2/c1-3-20-13(19)8-6-15-12-10(11(8)14)7(2)17-9-4-5-16-18(9)12/h4-6H,3H2,1-2H3,(H2,14,15). The molecule has 0 aliphatic rings. The van der Waals surface area contributed by atoms with Gasteiger partial charge in [-0.3, -0.25) is 0 Å². The number of nitrogens with two attached hydrogens (primary N) is 1. The van der Waals surface area contributed by atoms with E-state index in [1.54, 1.807) is 23.7 Å². The molecule has 3 rings (SSSR count). The molecule has 20 heavy (non-hydrogen) atoms. The van der Waals surface area contributed by atoms with E-state index in [0.29, 0.717) is 28.1 Å². The predicted molar refractivity (Wildman–Crippen MR) is 73.4 cm³/mol. The van der Waals surface area contributed by atoms with Crippen LogP contribution in [0.3, 0.4) is 0 Å². The van der Waals surface area contributed by atoms with E-state index in [-0.39, 0.29) is 12.2 Å². The third-order valence-electron chi connectivity index (χ3n) is 3.06. The summed E-state index contributed by atoms with van der Waals surface area (Å²) in [6.07, 6.45) is 3.05. The number of carbonyl (C=O) groups excluding carboxylic acids is 1. The molecule has 3 heterocycles. The van der Waals surface area contributed by atoms with Gasteiger partial charge in [0.2, 0.25) is 0 Å². The Morgan fingerprint density at radius 3 is 3.05 bits per heavy atom. The molecule has 3 aromatic rings. The van der Waals surface area contributed by atoms with Gasteiger partial charge in [-0.2, -0.15) is 9.61 Å². The van der Waals surface area contributed by atoms with Gasteiger partial charge in [0.25, 0.3) is 0 Å². The molecule has 0 radical (unpaired) electrons. The highest BCUT2D eigenvalue weighted by Crippen LogP contribution is 2.26. The highest BCUT2D eigenvalue weighted by atomic mass is 16.5. The first kappa shape index (κ1) is 12.3. The minimum absolute atomic E-state index is 0.246. The number of anilines is 1. The molecule has 0 spiro atoms. The number of carbonyl (C=O) groups is 1. The molecule has 0 aliphatic heterocycles. The topological polar surface area (TPSA) is 95.4 Å². The number of fused-ring (bicyclic) bond motifs is 3. The van der Waals surface area contributed by atoms with E-state index in [1.165, 1.54) is 6.20 Å². The van der Waals surface area contributed by atoms with Gasteiger partial charge in [-0.05, 0) is 13.8 Å². The van der Waals surface area contributed by atoms with Gasteiger partial charge >= 0.3 is 5.97 Å². The number of esters is 1. The van der Waals surface area contributed by atoms with Gasteiger partial charge in [0.1, 0.15) is 5.56 Å². The molecule has 0 aliphatic carbocycles. The van der Waals surface area contributed by atoms with E-state index in [2.05, 4.69) is 15.1 Å². The second-order valence-electron chi connectivity index (χ2n) is 4.30. The zero-order valence-electron chi connectivity index (χ0n) is 11.1. The van der Waals surface area contributed by atoms with E-state index < -0.39 is 5.97 Å². The number of pyridine rings is 1. The SMILES string of the molecule is CCOC(=O)c1cnc2c(c(C)nc3ccnn32)c1N. The van der Waals surface area contributed by atoms with Crippen LogP contribution in [-0.4, -0.2) is 32.2 Å². The summed E-state index contributed by atoms with van der Waals surface area (Å²) in [6, 6.07) is 1.78. The number of ether oxygens (including phenoxy) is 1. The highest BCUT2D eigenvalue weighted by molar-refractivity contribution is 6.04. The maximum absolute atomic E-state index is 11.8. The van der Waals surface area contributed by atoms with E-state index in [9.17, 15) is 4.79 Å². The van der Waals surface area contributed by atoms with Crippen LogP contribution in [0.5, 0.6) is 0 Å². The van der Waals surface area contributed by atoms with Crippen molar-refractivity contribution in [3.05, 3.63) is 29.7 Å². The van der Waals surface area contributed by atoms with Crippen molar-refractivity contribution >= 4 is 28.3 Å². The predicted octanol–water partition coefficient (Wildman–Crippen LogP) is 1.34. The molecule has 0 saturated carbocycles. The molecule has 2 N–H and O–H groups in total. The minimum atomic E-state index is -0.487. The van der Waals surface area contributed by atoms with Gasteiger partial charge in [-0.1, -0.05) is 0 Å². The Balaban J connectivity index is 2.34. The van der Waals surface area contributed by atoms with Crippen molar-refractivity contribution in [1.29, 1.82) is 0 Å². The maximum Gasteiger partial charge on any atom is 0.341 e. The van der Waals surface area contributed by atoms with Crippen molar-refractivity contribution in [2.24, 2.45) is 0 Å². The summed E-state index contributed by atoms with van der Waals surface area (Å²) in [5, 5.41) is 4.78. The first-order valence-electron chi connectivity index (χ1n) is 6.19. The number of aryl methyl sites for hydroxylation is 1. The summed E-state index contributed by atoms with van der Waals surface area (Å²) in [7, 11) is 0. The average molecular weight is 271 g/mol. The van der Waals surface area contributed by atoms with Crippen LogP contribution in [0.25, 0.3) is 16.7 Å². The molecule has 0 saturated heterocycles. The quantitative estimate of drug-likeness (QED) is 0.707. The van der Waals surface area contributed by atoms with Crippen molar-refractivity contribution in [2.75, 3.05) is 12.3 Å². The van der Waals surface area contributed by atoms with Crippen LogP contribution in [-0.2, 0) is 4.74 Å². The van der Waals surface area contributed by atoms with Crippen LogP contribution in [0.2, 0.25) is 0 Å². The molecule has 0 unspecified atom stereocenters. The van der Waals surface area contributed by atoms with Crippen LogP contribution in [0.4, 0.5) is 5.69 Å². The third kappa shape index (κ3) is 1.67. The number of nitrogens with zero attached hydrogens (tertiary/aromatic N) is 4. The van der Waals surface area contributed by atoms with Crippen LogP contribution in [0, 0.1) is 6.92 Å². The van der Waals surface area contributed by atoms with Crippen LogP contribution >= 0.6 is 0 Å². The minimum Gasteiger partial charge on any atom is -0.462 e. The normalized spacial score (nSPS) is 11.1. The molecule has 7 heteroatoms. The lowest BCUT2D eigenvalue weighted by molar-refractivity contribution is 0.0527. The number of aromatic nitrogens is 4. The summed E-state index contributed by atoms with van der Waals surface area (Å²) in [6.45, 7) is 3.84. The molecule has 0 bridgehead atoms. The summed E-state index contributed by atoms with van der Waals surface area (Å²) in [4.78, 5) is 20.5. The van der Waals surface area contributed by atoms with Crippen molar-refractivity contribution < 1.29 is 9.53 Å². The molecule has 0 fully saturated rings. The number of rotatable bonds is 2. The first-order valence-corrected chi connectivity index (χ1v) is 6.19. The van der Waals surface area contributed by atoms with Gasteiger partial charge in [0, 0.05) is 12.3 Å². The summed E-state index contributed by atoms with van der Waals surface area (Å²) in [5.74, 6) is -0.487. The van der Waals surface area contributed by atoms with E-state index in [4.69, 9.17) is 10.5 Å². The number of hydrogen-bond acceptors (Lipinski definition) is 6. The average Bonchev–Trinajstić information content (AvgIpc) is 2.87. The summed E-state index contributed by atoms with van der Waals surface area (Å²) >= 11 is 0. The lowest BCUT2D eigenvalue weighted by atomic mass is 10.1. The second-order valence-corrected chi connectivity index (χ2v) is 4.30. The van der Waals surface area contributed by atoms with E-state index in [0.717, 1.165) is 0 Å². The molecule has 102 valence electrons. The smallest absolute Gasteiger partial charge is 0.341 e. The number of nitrogen functional groups attached to an aromatic ring is 1. The Hall–Kier alpha value is -2.70. The second kappa shape index (κ2) is 4.44. The molecule has 0 atom stereocenters. The zero-order valence-corrected chi connectivity index (χ0v) is 11.1. The summed E-state index contributed by atoms with van der Waals surface area (Å²) < 4.78 is 6.56. The van der Waals surface area contributed by atoms with Crippen molar-refractivity contribution in [3.63, 3.8) is 0 Å². The van der Waals surface area contributed by atoms with Crippen LogP contribution in [0.1, 0.15) is 23.0 Å². The fourth-order valence-corrected chi connectivity index (χ4v) is 2.18. The van der Waals surface area contributed by atoms with Crippen LogP contribution < -0.4 is 5.73 Å². The number of hydrogen-bond donors (Lipinski definition) is 1. The van der Waals surface area contributed by atoms with Gasteiger partial charge in [-0.25, -0.2) is 14.8 Å². The summed E-state index contributed by atoms with van der Waals surface area (Å²) in [5.41, 5.74) is 8.61. The Bertz CT molecular complexity index is 824. The van der Waals surface area contributed by atoms with Gasteiger partial charge in [-0.15, -0.1) is 0 Å². The maximum atomic E-state index is 11.8. The zero-order chi connectivity index (χ0) is 14.3. The molecular weight excluding hydrogens is 258 g/mol. The Kier molecular flexibility index (Phi) is 2.74. The molecule has 3 aromatic heterocycles. The van der Waals surface area contributed by atoms with Crippen LogP contribution in [0.15, 0.2) is 18.5 Å². The highest BCUT2D eigenvalue weighted by Gasteiger charge is 2.18. The molecule has 7 nitrogen and oxygen atoms in total. The van der Waals surface area contributed by atoms with Crippen molar-refractivity contribution in [2.45, 2.75) is 13.8 Å². The third-order valence-corrected chi connectivity index (χ3v) is 3.06. The lowest BCUT2D eigenvalue weighted by Gasteiger charge is -2.10. The Morgan fingerprint density at radius 2 is 2.30 bits per heavy atom. The molecular formula is C13H13N5O2. The van der Waals surface area contributed by atoms with E-state index in [1.807, 2.05) is 6.92 Å². The van der Waals surface area contributed by atoms with Gasteiger partial charge in [0.15, 0.2) is 11.3 Å². The fourth-order valence-electron chi connectivity index (χ4n) is 2.18. The van der Waals surface area contributed by atoms with E-state index >= 15 is 0 Å². The Labute approximate surface area is 114 Å². The first-order chi connectivity index (χ1) is 9.63. The molecule has 0 aromatic carbocycles. The fraction of sp³-hybridized carbons (Fsp3) is 0.231. The van der Waals surface area contributed by atoms with Gasteiger partial charge < -0.3 is 10.5 Å².